The Labute approximate surface area is 127 Å². The number of aliphatic imine (C=N–C) groups is 1. The second-order valence-electron chi connectivity index (χ2n) is 5.12. The largest absolute Gasteiger partial charge is 0.480 e. The number of halogens is 1. The van der Waals surface area contributed by atoms with Gasteiger partial charge < -0.3 is 21.5 Å². The van der Waals surface area contributed by atoms with Crippen LogP contribution in [0.25, 0.3) is 0 Å². The van der Waals surface area contributed by atoms with E-state index < -0.39 is 39.8 Å². The normalized spacial score (nSPS) is 20.0. The van der Waals surface area contributed by atoms with E-state index >= 15 is 0 Å². The third-order valence-corrected chi connectivity index (χ3v) is 4.13. The standard InChI is InChI=1S/C11H19FN4O5S/c12-22(20,21)6-7-4-9(17)16(5-7)8(10(18)19)2-1-3-15-11(13)14/h7-8H,1-6H2,(H,18,19)(H4,13,14,15)/t7?,8-/m0/s1. The van der Waals surface area contributed by atoms with E-state index in [9.17, 15) is 27.0 Å². The van der Waals surface area contributed by atoms with Gasteiger partial charge in [-0.05, 0) is 12.8 Å². The average Bonchev–Trinajstić information content (AvgIpc) is 2.66. The summed E-state index contributed by atoms with van der Waals surface area (Å²) in [6, 6.07) is -1.10. The summed E-state index contributed by atoms with van der Waals surface area (Å²) >= 11 is 0. The van der Waals surface area contributed by atoms with E-state index in [1.165, 1.54) is 0 Å². The van der Waals surface area contributed by atoms with Gasteiger partial charge in [0, 0.05) is 25.4 Å². The van der Waals surface area contributed by atoms with Crippen molar-refractivity contribution in [3.63, 3.8) is 0 Å². The number of rotatable bonds is 8. The molecule has 0 radical (unpaired) electrons. The maximum atomic E-state index is 12.7. The molecule has 1 heterocycles. The first-order valence-corrected chi connectivity index (χ1v) is 8.15. The van der Waals surface area contributed by atoms with Crippen molar-refractivity contribution in [2.24, 2.45) is 22.4 Å². The van der Waals surface area contributed by atoms with Crippen LogP contribution in [0.3, 0.4) is 0 Å². The van der Waals surface area contributed by atoms with Gasteiger partial charge >= 0.3 is 16.2 Å². The molecule has 0 aromatic rings. The lowest BCUT2D eigenvalue weighted by atomic mass is 10.1. The monoisotopic (exact) mass is 338 g/mol. The molecule has 1 saturated heterocycles. The summed E-state index contributed by atoms with van der Waals surface area (Å²) < 4.78 is 33.9. The van der Waals surface area contributed by atoms with Crippen molar-refractivity contribution < 1.29 is 27.0 Å². The summed E-state index contributed by atoms with van der Waals surface area (Å²) in [4.78, 5) is 27.9. The van der Waals surface area contributed by atoms with Crippen LogP contribution < -0.4 is 11.5 Å². The SMILES string of the molecule is NC(N)=NCCC[C@@H](C(=O)O)N1CC(CS(=O)(=O)F)CC1=O. The number of carbonyl (C=O) groups is 2. The minimum Gasteiger partial charge on any atom is -0.480 e. The molecule has 1 aliphatic heterocycles. The van der Waals surface area contributed by atoms with Crippen molar-refractivity contribution >= 4 is 28.1 Å². The van der Waals surface area contributed by atoms with Gasteiger partial charge in [-0.2, -0.15) is 8.42 Å². The molecule has 2 atom stereocenters. The number of hydrogen-bond donors (Lipinski definition) is 3. The molecular formula is C11H19FN4O5S. The zero-order chi connectivity index (χ0) is 16.9. The predicted molar refractivity (Wildman–Crippen MR) is 76.0 cm³/mol. The second kappa shape index (κ2) is 7.38. The highest BCUT2D eigenvalue weighted by molar-refractivity contribution is 7.86. The Balaban J connectivity index is 2.66. The van der Waals surface area contributed by atoms with Gasteiger partial charge in [0.05, 0.1) is 5.75 Å². The first-order valence-electron chi connectivity index (χ1n) is 6.60. The zero-order valence-electron chi connectivity index (χ0n) is 11.8. The van der Waals surface area contributed by atoms with E-state index in [1.807, 2.05) is 0 Å². The molecule has 0 aromatic carbocycles. The van der Waals surface area contributed by atoms with Crippen LogP contribution in [0.5, 0.6) is 0 Å². The Hall–Kier alpha value is -1.91. The van der Waals surface area contributed by atoms with Gasteiger partial charge in [0.1, 0.15) is 6.04 Å². The van der Waals surface area contributed by atoms with Crippen molar-refractivity contribution in [1.82, 2.24) is 4.90 Å². The molecule has 1 unspecified atom stereocenters. The Morgan fingerprint density at radius 3 is 2.64 bits per heavy atom. The quantitative estimate of drug-likeness (QED) is 0.213. The summed E-state index contributed by atoms with van der Waals surface area (Å²) in [6.45, 7) is 0.123. The number of hydrogen-bond acceptors (Lipinski definition) is 5. The van der Waals surface area contributed by atoms with Gasteiger partial charge in [0.2, 0.25) is 5.91 Å². The lowest BCUT2D eigenvalue weighted by molar-refractivity contribution is -0.148. The number of carboxylic acid groups (broad SMARTS) is 1. The van der Waals surface area contributed by atoms with E-state index in [2.05, 4.69) is 4.99 Å². The number of nitrogens with zero attached hydrogens (tertiary/aromatic N) is 2. The molecule has 9 nitrogen and oxygen atoms in total. The van der Waals surface area contributed by atoms with Gasteiger partial charge in [-0.1, -0.05) is 0 Å². The molecule has 1 fully saturated rings. The highest BCUT2D eigenvalue weighted by atomic mass is 32.3. The molecule has 0 aromatic heterocycles. The minimum absolute atomic E-state index is 0.0960. The fourth-order valence-electron chi connectivity index (χ4n) is 2.41. The van der Waals surface area contributed by atoms with Crippen LogP contribution in [0.15, 0.2) is 4.99 Å². The van der Waals surface area contributed by atoms with E-state index in [0.29, 0.717) is 6.42 Å². The van der Waals surface area contributed by atoms with E-state index in [1.54, 1.807) is 0 Å². The van der Waals surface area contributed by atoms with Crippen molar-refractivity contribution in [3.8, 4) is 0 Å². The first kappa shape index (κ1) is 18.1. The van der Waals surface area contributed by atoms with Crippen molar-refractivity contribution in [1.29, 1.82) is 0 Å². The van der Waals surface area contributed by atoms with Crippen molar-refractivity contribution in [2.75, 3.05) is 18.8 Å². The molecule has 5 N–H and O–H groups in total. The summed E-state index contributed by atoms with van der Waals surface area (Å²) in [7, 11) is -4.70. The predicted octanol–water partition coefficient (Wildman–Crippen LogP) is -1.36. The fraction of sp³-hybridized carbons (Fsp3) is 0.727. The summed E-state index contributed by atoms with van der Waals surface area (Å²) in [5, 5.41) is 9.21. The van der Waals surface area contributed by atoms with E-state index in [-0.39, 0.29) is 31.9 Å². The van der Waals surface area contributed by atoms with Crippen LogP contribution >= 0.6 is 0 Å². The first-order chi connectivity index (χ1) is 10.1. The molecule has 0 saturated carbocycles. The molecule has 11 heteroatoms. The number of aliphatic carboxylic acids is 1. The van der Waals surface area contributed by atoms with Crippen LogP contribution in [0.4, 0.5) is 3.89 Å². The summed E-state index contributed by atoms with van der Waals surface area (Å²) in [5.74, 6) is -3.33. The van der Waals surface area contributed by atoms with Crippen LogP contribution in [0, 0.1) is 5.92 Å². The van der Waals surface area contributed by atoms with Crippen LogP contribution in [0.2, 0.25) is 0 Å². The summed E-state index contributed by atoms with van der Waals surface area (Å²) in [6.07, 6.45) is 0.276. The number of carbonyl (C=O) groups excluding carboxylic acids is 1. The molecule has 1 aliphatic rings. The zero-order valence-corrected chi connectivity index (χ0v) is 12.6. The molecule has 1 rings (SSSR count). The van der Waals surface area contributed by atoms with Gasteiger partial charge in [-0.3, -0.25) is 9.79 Å². The topological polar surface area (TPSA) is 156 Å². The molecule has 0 spiro atoms. The molecule has 0 aliphatic carbocycles. The number of guanidine groups is 1. The minimum atomic E-state index is -4.70. The van der Waals surface area contributed by atoms with Gasteiger partial charge in [0.25, 0.3) is 0 Å². The van der Waals surface area contributed by atoms with Crippen LogP contribution in [-0.2, 0) is 19.8 Å². The Kier molecular flexibility index (Phi) is 6.09. The maximum Gasteiger partial charge on any atom is 0.326 e. The lowest BCUT2D eigenvalue weighted by Gasteiger charge is -2.24. The van der Waals surface area contributed by atoms with E-state index in [4.69, 9.17) is 11.5 Å². The smallest absolute Gasteiger partial charge is 0.326 e. The second-order valence-corrected chi connectivity index (χ2v) is 6.54. The maximum absolute atomic E-state index is 12.7. The van der Waals surface area contributed by atoms with Crippen molar-refractivity contribution in [3.05, 3.63) is 0 Å². The highest BCUT2D eigenvalue weighted by Gasteiger charge is 2.38. The number of carboxylic acids is 1. The molecule has 1 amide bonds. The fourth-order valence-corrected chi connectivity index (χ4v) is 3.19. The molecular weight excluding hydrogens is 319 g/mol. The third-order valence-electron chi connectivity index (χ3n) is 3.26. The van der Waals surface area contributed by atoms with Crippen LogP contribution in [0.1, 0.15) is 19.3 Å². The number of amides is 1. The Morgan fingerprint density at radius 2 is 2.14 bits per heavy atom. The third kappa shape index (κ3) is 5.84. The van der Waals surface area contributed by atoms with Gasteiger partial charge in [-0.15, -0.1) is 3.89 Å². The number of nitrogens with two attached hydrogens (primary N) is 2. The summed E-state index contributed by atoms with van der Waals surface area (Å²) in [5.41, 5.74) is 10.3. The van der Waals surface area contributed by atoms with Gasteiger partial charge in [0.15, 0.2) is 5.96 Å². The van der Waals surface area contributed by atoms with Crippen molar-refractivity contribution in [2.45, 2.75) is 25.3 Å². The van der Waals surface area contributed by atoms with E-state index in [0.717, 1.165) is 4.90 Å². The molecule has 126 valence electrons. The number of likely N-dealkylation sites (tertiary alicyclic amines) is 1. The molecule has 0 bridgehead atoms. The highest BCUT2D eigenvalue weighted by Crippen LogP contribution is 2.24. The average molecular weight is 338 g/mol. The Bertz CT molecular complexity index is 561. The lowest BCUT2D eigenvalue weighted by Crippen LogP contribution is -2.42. The molecule has 22 heavy (non-hydrogen) atoms. The Morgan fingerprint density at radius 1 is 1.50 bits per heavy atom. The van der Waals surface area contributed by atoms with Gasteiger partial charge in [-0.25, -0.2) is 4.79 Å². The van der Waals surface area contributed by atoms with Crippen LogP contribution in [-0.4, -0.2) is 61.1 Å².